The van der Waals surface area contributed by atoms with Crippen LogP contribution in [0.4, 0.5) is 0 Å². The van der Waals surface area contributed by atoms with Crippen LogP contribution < -0.4 is 5.11 Å². The molecular formula is C9H14NO3S2-. The zero-order valence-electron chi connectivity index (χ0n) is 8.60. The minimum atomic E-state index is -1.04. The summed E-state index contributed by atoms with van der Waals surface area (Å²) in [4.78, 5) is 12.7. The number of ether oxygens (including phenoxy) is 1. The summed E-state index contributed by atoms with van der Waals surface area (Å²) in [5.41, 5.74) is 0. The van der Waals surface area contributed by atoms with Gasteiger partial charge in [0.1, 0.15) is 4.32 Å². The van der Waals surface area contributed by atoms with Gasteiger partial charge in [-0.05, 0) is 6.42 Å². The third-order valence-electron chi connectivity index (χ3n) is 2.15. The molecule has 1 atom stereocenters. The standard InChI is InChI=1S/C9H15NO3S2/c1-2-7(8(11)12)15-9(14)10-3-5-13-6-4-10/h7H,2-6H2,1H3,(H,11,12)/p-1. The highest BCUT2D eigenvalue weighted by Gasteiger charge is 2.18. The van der Waals surface area contributed by atoms with Gasteiger partial charge in [0.2, 0.25) is 0 Å². The van der Waals surface area contributed by atoms with Crippen LogP contribution in [0.1, 0.15) is 13.3 Å². The van der Waals surface area contributed by atoms with E-state index >= 15 is 0 Å². The number of nitrogens with zero attached hydrogens (tertiary/aromatic N) is 1. The topological polar surface area (TPSA) is 52.6 Å². The molecule has 0 amide bonds. The molecule has 1 aliphatic rings. The van der Waals surface area contributed by atoms with Gasteiger partial charge < -0.3 is 19.5 Å². The Morgan fingerprint density at radius 3 is 2.67 bits per heavy atom. The van der Waals surface area contributed by atoms with Crippen LogP contribution in [0.15, 0.2) is 0 Å². The molecule has 1 saturated heterocycles. The van der Waals surface area contributed by atoms with E-state index in [1.165, 1.54) is 11.8 Å². The third-order valence-corrected chi connectivity index (χ3v) is 3.96. The maximum atomic E-state index is 10.7. The molecule has 0 aliphatic carbocycles. The van der Waals surface area contributed by atoms with E-state index in [0.717, 1.165) is 13.1 Å². The van der Waals surface area contributed by atoms with Crippen molar-refractivity contribution in [2.24, 2.45) is 0 Å². The summed E-state index contributed by atoms with van der Waals surface area (Å²) in [7, 11) is 0. The fraction of sp³-hybridized carbons (Fsp3) is 0.778. The van der Waals surface area contributed by atoms with Gasteiger partial charge in [0, 0.05) is 13.1 Å². The van der Waals surface area contributed by atoms with E-state index in [2.05, 4.69) is 0 Å². The average Bonchev–Trinajstić information content (AvgIpc) is 2.26. The summed E-state index contributed by atoms with van der Waals surface area (Å²) >= 11 is 6.38. The van der Waals surface area contributed by atoms with Crippen molar-refractivity contribution in [1.29, 1.82) is 0 Å². The second-order valence-electron chi connectivity index (χ2n) is 3.20. The molecule has 6 heteroatoms. The van der Waals surface area contributed by atoms with Crippen molar-refractivity contribution in [2.45, 2.75) is 18.6 Å². The number of carboxylic acids is 1. The second kappa shape index (κ2) is 6.30. The molecule has 1 heterocycles. The van der Waals surface area contributed by atoms with Gasteiger partial charge in [-0.25, -0.2) is 0 Å². The maximum absolute atomic E-state index is 10.7. The number of carbonyl (C=O) groups is 1. The number of aliphatic carboxylic acids is 1. The Bertz CT molecular complexity index is 242. The number of carboxylic acid groups (broad SMARTS) is 1. The Balaban J connectivity index is 2.42. The Kier molecular flexibility index (Phi) is 5.35. The molecule has 86 valence electrons. The zero-order valence-corrected chi connectivity index (χ0v) is 10.2. The van der Waals surface area contributed by atoms with Crippen LogP contribution in [0.2, 0.25) is 0 Å². The van der Waals surface area contributed by atoms with Crippen molar-refractivity contribution in [2.75, 3.05) is 26.3 Å². The van der Waals surface area contributed by atoms with Gasteiger partial charge in [0.25, 0.3) is 0 Å². The molecule has 1 unspecified atom stereocenters. The van der Waals surface area contributed by atoms with Crippen LogP contribution >= 0.6 is 24.0 Å². The molecule has 0 saturated carbocycles. The van der Waals surface area contributed by atoms with Crippen molar-refractivity contribution >= 4 is 34.3 Å². The highest BCUT2D eigenvalue weighted by molar-refractivity contribution is 8.23. The minimum absolute atomic E-state index is 0.525. The summed E-state index contributed by atoms with van der Waals surface area (Å²) in [6, 6.07) is 0. The molecule has 1 aliphatic heterocycles. The van der Waals surface area contributed by atoms with E-state index in [4.69, 9.17) is 17.0 Å². The molecule has 0 aromatic rings. The number of hydrogen-bond donors (Lipinski definition) is 0. The van der Waals surface area contributed by atoms with Gasteiger partial charge in [-0.2, -0.15) is 0 Å². The van der Waals surface area contributed by atoms with Crippen LogP contribution in [-0.2, 0) is 9.53 Å². The highest BCUT2D eigenvalue weighted by atomic mass is 32.2. The smallest absolute Gasteiger partial charge is 0.137 e. The van der Waals surface area contributed by atoms with E-state index in [1.54, 1.807) is 0 Å². The van der Waals surface area contributed by atoms with Crippen molar-refractivity contribution in [3.05, 3.63) is 0 Å². The van der Waals surface area contributed by atoms with E-state index in [1.807, 2.05) is 11.8 Å². The SMILES string of the molecule is CCC(SC(=S)N1CCOCC1)C(=O)[O-]. The monoisotopic (exact) mass is 248 g/mol. The first-order valence-electron chi connectivity index (χ1n) is 4.89. The second-order valence-corrected chi connectivity index (χ2v) is 5.04. The van der Waals surface area contributed by atoms with Gasteiger partial charge in [0.05, 0.1) is 24.4 Å². The van der Waals surface area contributed by atoms with E-state index in [-0.39, 0.29) is 0 Å². The molecule has 1 rings (SSSR count). The first kappa shape index (κ1) is 12.7. The summed E-state index contributed by atoms with van der Waals surface area (Å²) in [5, 5.41) is 10.2. The lowest BCUT2D eigenvalue weighted by molar-refractivity contribution is -0.304. The van der Waals surface area contributed by atoms with Crippen molar-refractivity contribution in [3.8, 4) is 0 Å². The molecule has 0 radical (unpaired) electrons. The van der Waals surface area contributed by atoms with Crippen LogP contribution in [0.5, 0.6) is 0 Å². The van der Waals surface area contributed by atoms with Gasteiger partial charge in [-0.1, -0.05) is 30.9 Å². The van der Waals surface area contributed by atoms with Crippen LogP contribution in [0, 0.1) is 0 Å². The first-order valence-corrected chi connectivity index (χ1v) is 6.18. The molecule has 4 nitrogen and oxygen atoms in total. The predicted octanol–water partition coefficient (Wildman–Crippen LogP) is -0.135. The number of thiocarbonyl (C=S) groups is 1. The minimum Gasteiger partial charge on any atom is -0.549 e. The summed E-state index contributed by atoms with van der Waals surface area (Å²) in [6.07, 6.45) is 0.525. The van der Waals surface area contributed by atoms with Gasteiger partial charge in [-0.15, -0.1) is 0 Å². The quantitative estimate of drug-likeness (QED) is 0.648. The normalized spacial score (nSPS) is 18.6. The summed E-state index contributed by atoms with van der Waals surface area (Å²) < 4.78 is 5.82. The molecule has 0 spiro atoms. The fourth-order valence-corrected chi connectivity index (χ4v) is 2.61. The number of rotatable bonds is 3. The largest absolute Gasteiger partial charge is 0.549 e. The molecular weight excluding hydrogens is 234 g/mol. The number of morpholine rings is 1. The number of hydrogen-bond acceptors (Lipinski definition) is 5. The lowest BCUT2D eigenvalue weighted by Gasteiger charge is -2.30. The Morgan fingerprint density at radius 1 is 1.60 bits per heavy atom. The first-order chi connectivity index (χ1) is 7.15. The Morgan fingerprint density at radius 2 is 2.20 bits per heavy atom. The molecule has 1 fully saturated rings. The van der Waals surface area contributed by atoms with E-state index in [0.29, 0.717) is 24.0 Å². The van der Waals surface area contributed by atoms with E-state index in [9.17, 15) is 9.90 Å². The highest BCUT2D eigenvalue weighted by Crippen LogP contribution is 2.19. The van der Waals surface area contributed by atoms with E-state index < -0.39 is 11.2 Å². The fourth-order valence-electron chi connectivity index (χ4n) is 1.24. The lowest BCUT2D eigenvalue weighted by atomic mass is 10.3. The van der Waals surface area contributed by atoms with Crippen LogP contribution in [0.25, 0.3) is 0 Å². The van der Waals surface area contributed by atoms with Crippen molar-refractivity contribution < 1.29 is 14.6 Å². The molecule has 15 heavy (non-hydrogen) atoms. The molecule has 0 bridgehead atoms. The third kappa shape index (κ3) is 3.96. The predicted molar refractivity (Wildman–Crippen MR) is 61.7 cm³/mol. The van der Waals surface area contributed by atoms with Crippen molar-refractivity contribution in [1.82, 2.24) is 4.90 Å². The van der Waals surface area contributed by atoms with Gasteiger partial charge >= 0.3 is 0 Å². The number of carbonyl (C=O) groups excluding carboxylic acids is 1. The maximum Gasteiger partial charge on any atom is 0.137 e. The van der Waals surface area contributed by atoms with Crippen molar-refractivity contribution in [3.63, 3.8) is 0 Å². The summed E-state index contributed by atoms with van der Waals surface area (Å²) in [5.74, 6) is -1.04. The average molecular weight is 248 g/mol. The Labute approximate surface area is 99.0 Å². The van der Waals surface area contributed by atoms with Crippen LogP contribution in [-0.4, -0.2) is 46.7 Å². The Hall–Kier alpha value is -0.330. The van der Waals surface area contributed by atoms with Gasteiger partial charge in [-0.3, -0.25) is 0 Å². The molecule has 0 aromatic carbocycles. The summed E-state index contributed by atoms with van der Waals surface area (Å²) in [6.45, 7) is 4.62. The van der Waals surface area contributed by atoms with Crippen LogP contribution in [0.3, 0.4) is 0 Å². The zero-order chi connectivity index (χ0) is 11.3. The van der Waals surface area contributed by atoms with Gasteiger partial charge in [0.15, 0.2) is 0 Å². The molecule has 0 N–H and O–H groups in total. The molecule has 0 aromatic heterocycles. The number of thioether (sulfide) groups is 1. The lowest BCUT2D eigenvalue weighted by Crippen LogP contribution is -2.41.